The molecular weight excluding hydrogens is 318 g/mol. The number of carbonyl (C=O) groups is 1. The molecule has 0 aromatic carbocycles. The van der Waals surface area contributed by atoms with Crippen molar-refractivity contribution < 1.29 is 14.3 Å². The van der Waals surface area contributed by atoms with Crippen molar-refractivity contribution in [1.29, 1.82) is 0 Å². The second kappa shape index (κ2) is 8.81. The molecule has 140 valence electrons. The normalized spacial score (nSPS) is 20.2. The second-order valence-electron chi connectivity index (χ2n) is 7.22. The van der Waals surface area contributed by atoms with Gasteiger partial charge < -0.3 is 18.9 Å². The summed E-state index contributed by atoms with van der Waals surface area (Å²) in [7, 11) is 0. The van der Waals surface area contributed by atoms with E-state index in [2.05, 4.69) is 11.5 Å². The van der Waals surface area contributed by atoms with Crippen molar-refractivity contribution in [3.63, 3.8) is 0 Å². The van der Waals surface area contributed by atoms with E-state index in [1.165, 1.54) is 11.5 Å². The lowest BCUT2D eigenvalue weighted by atomic mass is 9.95. The van der Waals surface area contributed by atoms with Gasteiger partial charge in [0.1, 0.15) is 12.4 Å². The number of ether oxygens (including phenoxy) is 2. The molecule has 1 amide bonds. The van der Waals surface area contributed by atoms with E-state index in [0.29, 0.717) is 18.4 Å². The van der Waals surface area contributed by atoms with E-state index >= 15 is 0 Å². The molecule has 2 aliphatic rings. The molecule has 0 radical (unpaired) electrons. The molecule has 2 fully saturated rings. The number of aromatic nitrogens is 2. The van der Waals surface area contributed by atoms with Gasteiger partial charge in [-0.2, -0.15) is 0 Å². The average molecular weight is 349 g/mol. The molecule has 25 heavy (non-hydrogen) atoms. The van der Waals surface area contributed by atoms with Crippen LogP contribution in [0.1, 0.15) is 50.0 Å². The highest BCUT2D eigenvalue weighted by molar-refractivity contribution is 5.77. The van der Waals surface area contributed by atoms with Gasteiger partial charge in [-0.25, -0.2) is 4.98 Å². The van der Waals surface area contributed by atoms with Gasteiger partial charge in [-0.15, -0.1) is 0 Å². The van der Waals surface area contributed by atoms with Crippen LogP contribution >= 0.6 is 0 Å². The summed E-state index contributed by atoms with van der Waals surface area (Å²) >= 11 is 0. The summed E-state index contributed by atoms with van der Waals surface area (Å²) in [5.74, 6) is 2.50. The summed E-state index contributed by atoms with van der Waals surface area (Å²) in [5, 5.41) is 0. The Morgan fingerprint density at radius 1 is 1.28 bits per heavy atom. The summed E-state index contributed by atoms with van der Waals surface area (Å²) in [5.41, 5.74) is 1.25. The Hall–Kier alpha value is -1.40. The quantitative estimate of drug-likeness (QED) is 0.791. The first-order chi connectivity index (χ1) is 12.2. The molecule has 0 bridgehead atoms. The maximum absolute atomic E-state index is 12.1. The summed E-state index contributed by atoms with van der Waals surface area (Å²) in [6.07, 6.45) is 6.26. The molecule has 2 aliphatic heterocycles. The second-order valence-corrected chi connectivity index (χ2v) is 7.22. The number of aryl methyl sites for hydroxylation is 1. The fourth-order valence-corrected chi connectivity index (χ4v) is 3.90. The van der Waals surface area contributed by atoms with Gasteiger partial charge in [-0.05, 0) is 45.4 Å². The number of carbonyl (C=O) groups excluding carboxylic acids is 1. The lowest BCUT2D eigenvalue weighted by Gasteiger charge is -2.33. The van der Waals surface area contributed by atoms with Crippen molar-refractivity contribution in [1.82, 2.24) is 14.5 Å². The van der Waals surface area contributed by atoms with Gasteiger partial charge >= 0.3 is 0 Å². The summed E-state index contributed by atoms with van der Waals surface area (Å²) in [4.78, 5) is 18.7. The molecule has 0 N–H and O–H groups in total. The lowest BCUT2D eigenvalue weighted by molar-refractivity contribution is -0.137. The summed E-state index contributed by atoms with van der Waals surface area (Å²) in [6.45, 7) is 9.28. The van der Waals surface area contributed by atoms with E-state index in [9.17, 15) is 4.79 Å². The Balaban J connectivity index is 1.55. The van der Waals surface area contributed by atoms with E-state index in [0.717, 1.165) is 58.5 Å². The molecular formula is C19H31N3O3. The van der Waals surface area contributed by atoms with Crippen LogP contribution in [-0.2, 0) is 20.8 Å². The van der Waals surface area contributed by atoms with Crippen LogP contribution in [0.2, 0.25) is 0 Å². The lowest BCUT2D eigenvalue weighted by Crippen LogP contribution is -2.41. The molecule has 0 spiro atoms. The van der Waals surface area contributed by atoms with Crippen molar-refractivity contribution in [3.05, 3.63) is 17.7 Å². The molecule has 6 nitrogen and oxygen atoms in total. The molecule has 0 atom stereocenters. The Bertz CT molecular complexity index is 558. The van der Waals surface area contributed by atoms with Gasteiger partial charge in [0.25, 0.3) is 0 Å². The molecule has 0 unspecified atom stereocenters. The van der Waals surface area contributed by atoms with Crippen molar-refractivity contribution >= 4 is 5.91 Å². The van der Waals surface area contributed by atoms with Crippen LogP contribution in [0.3, 0.4) is 0 Å². The third kappa shape index (κ3) is 4.61. The smallest absolute Gasteiger partial charge is 0.248 e. The standard InChI is InChI=1S/C19H31N3O3/c1-3-24-14-18(23)21-8-4-16(5-9-21)13-22-15(2)12-20-19(22)17-6-10-25-11-7-17/h12,16-17H,3-11,13-14H2,1-2H3. The molecule has 3 rings (SSSR count). The molecule has 0 aliphatic carbocycles. The monoisotopic (exact) mass is 349 g/mol. The molecule has 1 aromatic heterocycles. The highest BCUT2D eigenvalue weighted by Crippen LogP contribution is 2.28. The van der Waals surface area contributed by atoms with Crippen LogP contribution in [0.4, 0.5) is 0 Å². The van der Waals surface area contributed by atoms with Crippen molar-refractivity contribution in [2.24, 2.45) is 5.92 Å². The minimum atomic E-state index is 0.127. The third-order valence-electron chi connectivity index (χ3n) is 5.51. The fraction of sp³-hybridized carbons (Fsp3) is 0.789. The van der Waals surface area contributed by atoms with Gasteiger partial charge in [0.05, 0.1) is 0 Å². The van der Waals surface area contributed by atoms with Crippen LogP contribution in [0, 0.1) is 12.8 Å². The number of rotatable bonds is 6. The Morgan fingerprint density at radius 3 is 2.68 bits per heavy atom. The highest BCUT2D eigenvalue weighted by atomic mass is 16.5. The van der Waals surface area contributed by atoms with Gasteiger partial charge in [0, 0.05) is 57.3 Å². The molecule has 3 heterocycles. The van der Waals surface area contributed by atoms with E-state index in [-0.39, 0.29) is 12.5 Å². The minimum Gasteiger partial charge on any atom is -0.381 e. The van der Waals surface area contributed by atoms with Gasteiger partial charge in [-0.1, -0.05) is 0 Å². The summed E-state index contributed by atoms with van der Waals surface area (Å²) in [6, 6.07) is 0. The first kappa shape index (κ1) is 18.4. The average Bonchev–Trinajstić information content (AvgIpc) is 3.01. The van der Waals surface area contributed by atoms with Crippen molar-refractivity contribution in [2.75, 3.05) is 39.5 Å². The first-order valence-corrected chi connectivity index (χ1v) is 9.64. The van der Waals surface area contributed by atoms with Gasteiger partial charge in [-0.3, -0.25) is 4.79 Å². The van der Waals surface area contributed by atoms with E-state index in [1.54, 1.807) is 0 Å². The Kier molecular flexibility index (Phi) is 6.48. The van der Waals surface area contributed by atoms with Crippen molar-refractivity contribution in [3.8, 4) is 0 Å². The predicted molar refractivity (Wildman–Crippen MR) is 95.6 cm³/mol. The number of likely N-dealkylation sites (tertiary alicyclic amines) is 1. The number of imidazole rings is 1. The molecule has 0 saturated carbocycles. The fourth-order valence-electron chi connectivity index (χ4n) is 3.90. The molecule has 2 saturated heterocycles. The van der Waals surface area contributed by atoms with Crippen LogP contribution in [0.5, 0.6) is 0 Å². The molecule has 6 heteroatoms. The maximum atomic E-state index is 12.1. The number of hydrogen-bond acceptors (Lipinski definition) is 4. The first-order valence-electron chi connectivity index (χ1n) is 9.64. The largest absolute Gasteiger partial charge is 0.381 e. The maximum Gasteiger partial charge on any atom is 0.248 e. The summed E-state index contributed by atoms with van der Waals surface area (Å²) < 4.78 is 13.2. The van der Waals surface area contributed by atoms with Gasteiger partial charge in [0.15, 0.2) is 0 Å². The minimum absolute atomic E-state index is 0.127. The third-order valence-corrected chi connectivity index (χ3v) is 5.51. The van der Waals surface area contributed by atoms with Crippen molar-refractivity contribution in [2.45, 2.75) is 52.0 Å². The number of amides is 1. The highest BCUT2D eigenvalue weighted by Gasteiger charge is 2.26. The van der Waals surface area contributed by atoms with Crippen LogP contribution < -0.4 is 0 Å². The zero-order valence-corrected chi connectivity index (χ0v) is 15.6. The SMILES string of the molecule is CCOCC(=O)N1CCC(Cn2c(C)cnc2C2CCOCC2)CC1. The van der Waals surface area contributed by atoms with E-state index in [1.807, 2.05) is 18.0 Å². The topological polar surface area (TPSA) is 56.6 Å². The van der Waals surface area contributed by atoms with Gasteiger partial charge in [0.2, 0.25) is 5.91 Å². The molecule has 1 aromatic rings. The Labute approximate surface area is 150 Å². The van der Waals surface area contributed by atoms with Crippen LogP contribution in [0.25, 0.3) is 0 Å². The number of piperidine rings is 1. The zero-order chi connectivity index (χ0) is 17.6. The Morgan fingerprint density at radius 2 is 2.00 bits per heavy atom. The van der Waals surface area contributed by atoms with Crippen LogP contribution in [-0.4, -0.2) is 59.9 Å². The van der Waals surface area contributed by atoms with E-state index in [4.69, 9.17) is 14.5 Å². The van der Waals surface area contributed by atoms with E-state index < -0.39 is 0 Å². The predicted octanol–water partition coefficient (Wildman–Crippen LogP) is 2.36. The zero-order valence-electron chi connectivity index (χ0n) is 15.6. The number of nitrogens with zero attached hydrogens (tertiary/aromatic N) is 3. The van der Waals surface area contributed by atoms with Crippen LogP contribution in [0.15, 0.2) is 6.20 Å². The number of hydrogen-bond donors (Lipinski definition) is 0.